The first-order valence-corrected chi connectivity index (χ1v) is 11.9. The Kier molecular flexibility index (Phi) is 10.6. The summed E-state index contributed by atoms with van der Waals surface area (Å²) in [5, 5.41) is 0. The number of hydrogen-bond donors (Lipinski definition) is 3. The number of hydrogen-bond acceptors (Lipinski definition) is 4. The molecule has 3 aromatic carbocycles. The van der Waals surface area contributed by atoms with Gasteiger partial charge in [0.2, 0.25) is 0 Å². The van der Waals surface area contributed by atoms with Gasteiger partial charge in [0.15, 0.2) is 6.23 Å². The molecule has 0 bridgehead atoms. The van der Waals surface area contributed by atoms with Gasteiger partial charge in [-0.05, 0) is 60.9 Å². The van der Waals surface area contributed by atoms with Crippen LogP contribution >= 0.6 is 0 Å². The maximum absolute atomic E-state index is 11.9. The summed E-state index contributed by atoms with van der Waals surface area (Å²) in [5.41, 5.74) is 24.6. The van der Waals surface area contributed by atoms with E-state index < -0.39 is 0 Å². The Morgan fingerprint density at radius 1 is 0.892 bits per heavy atom. The van der Waals surface area contributed by atoms with E-state index in [0.29, 0.717) is 5.69 Å². The first-order chi connectivity index (χ1) is 17.7. The van der Waals surface area contributed by atoms with Crippen molar-refractivity contribution in [1.82, 2.24) is 10.4 Å². The monoisotopic (exact) mass is 670 g/mol. The van der Waals surface area contributed by atoms with Gasteiger partial charge in [0.25, 0.3) is 0 Å². The maximum atomic E-state index is 11.9. The number of nitrogens with one attached hydrogen (secondary N) is 5. The van der Waals surface area contributed by atoms with Crippen molar-refractivity contribution in [3.63, 3.8) is 0 Å². The summed E-state index contributed by atoms with van der Waals surface area (Å²) in [7, 11) is 1.25. The van der Waals surface area contributed by atoms with Crippen molar-refractivity contribution in [2.75, 3.05) is 30.5 Å². The number of rotatable bonds is 4. The number of aromatic amines is 1. The number of anilines is 2. The minimum atomic E-state index is -0.273. The molecular formula is C28H31FN6OW. The van der Waals surface area contributed by atoms with Gasteiger partial charge < -0.3 is 31.5 Å². The second-order valence-corrected chi connectivity index (χ2v) is 8.34. The number of H-pyrrole nitrogens is 1. The molecule has 1 atom stereocenters. The molecule has 1 unspecified atom stereocenters. The van der Waals surface area contributed by atoms with E-state index in [-0.39, 0.29) is 33.1 Å². The van der Waals surface area contributed by atoms with Crippen LogP contribution in [-0.2, 0) is 21.1 Å². The summed E-state index contributed by atoms with van der Waals surface area (Å²) in [5.74, 6) is 1.48. The van der Waals surface area contributed by atoms with Gasteiger partial charge >= 0.3 is 21.1 Å². The second kappa shape index (κ2) is 13.8. The second-order valence-electron chi connectivity index (χ2n) is 8.34. The van der Waals surface area contributed by atoms with E-state index in [4.69, 9.17) is 16.2 Å². The molecule has 0 saturated carbocycles. The third-order valence-electron chi connectivity index (χ3n) is 5.95. The van der Waals surface area contributed by atoms with Crippen LogP contribution in [0.1, 0.15) is 24.6 Å². The van der Waals surface area contributed by atoms with Crippen molar-refractivity contribution in [2.24, 2.45) is 0 Å². The van der Waals surface area contributed by atoms with Gasteiger partial charge in [-0.25, -0.2) is 4.39 Å². The molecule has 1 aromatic heterocycles. The third-order valence-corrected chi connectivity index (χ3v) is 5.95. The Morgan fingerprint density at radius 3 is 2.14 bits per heavy atom. The molecule has 7 nitrogen and oxygen atoms in total. The molecule has 0 aliphatic carbocycles. The number of halogens is 1. The molecule has 1 fully saturated rings. The van der Waals surface area contributed by atoms with E-state index in [1.807, 2.05) is 12.1 Å². The predicted octanol–water partition coefficient (Wildman–Crippen LogP) is 7.46. The smallest absolute Gasteiger partial charge is 0.699 e. The fourth-order valence-corrected chi connectivity index (χ4v) is 4.16. The fraction of sp³-hybridized carbons (Fsp3) is 0.214. The van der Waals surface area contributed by atoms with Gasteiger partial charge in [-0.2, -0.15) is 12.5 Å². The molecule has 0 spiro atoms. The molecule has 2 aliphatic heterocycles. The normalized spacial score (nSPS) is 15.2. The van der Waals surface area contributed by atoms with E-state index in [1.54, 1.807) is 30.3 Å². The minimum absolute atomic E-state index is 0. The molecule has 37 heavy (non-hydrogen) atoms. The molecule has 6 rings (SSSR count). The van der Waals surface area contributed by atoms with Gasteiger partial charge in [0.05, 0.1) is 5.56 Å². The van der Waals surface area contributed by atoms with Crippen LogP contribution in [-0.4, -0.2) is 25.1 Å². The molecule has 4 aromatic rings. The third kappa shape index (κ3) is 7.35. The van der Waals surface area contributed by atoms with E-state index >= 15 is 0 Å². The Morgan fingerprint density at radius 2 is 1.54 bits per heavy atom. The van der Waals surface area contributed by atoms with Crippen LogP contribution in [0, 0.1) is 5.82 Å². The molecule has 9 heteroatoms. The molecule has 5 N–H and O–H groups in total. The number of hydrazine groups is 1. The van der Waals surface area contributed by atoms with Crippen molar-refractivity contribution in [3.8, 4) is 17.0 Å². The summed E-state index contributed by atoms with van der Waals surface area (Å²) in [4.78, 5) is 5.87. The molecule has 3 heterocycles. The number of fused-ring (bicyclic) bond motifs is 1. The van der Waals surface area contributed by atoms with E-state index in [9.17, 15) is 4.39 Å². The first-order valence-electron chi connectivity index (χ1n) is 11.9. The van der Waals surface area contributed by atoms with Crippen LogP contribution in [0.25, 0.3) is 22.7 Å². The fourth-order valence-electron chi connectivity index (χ4n) is 4.16. The van der Waals surface area contributed by atoms with Gasteiger partial charge in [0, 0.05) is 24.5 Å². The van der Waals surface area contributed by atoms with E-state index in [2.05, 4.69) is 51.1 Å². The molecule has 2 aliphatic rings. The van der Waals surface area contributed by atoms with Crippen LogP contribution in [0.15, 0.2) is 84.9 Å². The standard InChI is InChI=1S/C21H22N5O.C6H5F.CH4N.W/c22-15-5-9-17(10-6-15)27-21-18-13-19(23-20(18)24-25-21)14-3-7-16(8-4-14)26-11-1-2-12-26;7-6-4-2-1-3-5-6;1-2;/h3-10,13,21-25H,1-2,11-12H2;1-5H;2H,1H3;/q-1;;-1;+2. The average Bonchev–Trinajstić information content (AvgIpc) is 3.67. The zero-order valence-electron chi connectivity index (χ0n) is 20.6. The number of aromatic nitrogens is 1. The van der Waals surface area contributed by atoms with Crippen LogP contribution in [0.4, 0.5) is 21.6 Å². The predicted molar refractivity (Wildman–Crippen MR) is 145 cm³/mol. The van der Waals surface area contributed by atoms with Crippen molar-refractivity contribution in [2.45, 2.75) is 19.1 Å². The van der Waals surface area contributed by atoms with E-state index in [1.165, 1.54) is 37.7 Å². The van der Waals surface area contributed by atoms with Crippen LogP contribution < -0.4 is 20.5 Å². The van der Waals surface area contributed by atoms with Crippen molar-refractivity contribution < 1.29 is 30.2 Å². The van der Waals surface area contributed by atoms with Crippen LogP contribution in [0.2, 0.25) is 0 Å². The van der Waals surface area contributed by atoms with Gasteiger partial charge in [0.1, 0.15) is 17.4 Å². The summed E-state index contributed by atoms with van der Waals surface area (Å²) >= 11 is 0. The Labute approximate surface area is 231 Å². The summed E-state index contributed by atoms with van der Waals surface area (Å²) < 4.78 is 17.9. The zero-order chi connectivity index (χ0) is 25.3. The van der Waals surface area contributed by atoms with E-state index in [0.717, 1.165) is 41.5 Å². The molecule has 0 radical (unpaired) electrons. The average molecular weight is 670 g/mol. The maximum Gasteiger partial charge on any atom is 2.00 e. The van der Waals surface area contributed by atoms with Gasteiger partial charge in [-0.3, -0.25) is 0 Å². The Balaban J connectivity index is 0.000000328. The largest absolute Gasteiger partial charge is 2.00 e. The van der Waals surface area contributed by atoms with Gasteiger partial charge in [-0.15, -0.1) is 5.69 Å². The SMILES string of the molecule is C[NH-].Fc1ccccc1.[NH-]c1ccc(OC2NNc3[nH]c(-c4ccc(N5CCCC5)cc4)cc32)cc1.[W+2]. The minimum Gasteiger partial charge on any atom is -0.699 e. The van der Waals surface area contributed by atoms with Gasteiger partial charge in [-0.1, -0.05) is 42.5 Å². The molecular weight excluding hydrogens is 639 g/mol. The summed E-state index contributed by atoms with van der Waals surface area (Å²) in [6.07, 6.45) is 2.30. The first kappa shape index (κ1) is 28.3. The molecule has 0 amide bonds. The molecule has 1 saturated heterocycles. The zero-order valence-corrected chi connectivity index (χ0v) is 23.6. The molecule has 192 valence electrons. The Bertz CT molecular complexity index is 1210. The topological polar surface area (TPSA) is 99.9 Å². The quantitative estimate of drug-likeness (QED) is 0.210. The van der Waals surface area contributed by atoms with Crippen LogP contribution in [0.5, 0.6) is 5.75 Å². The summed E-state index contributed by atoms with van der Waals surface area (Å²) in [6, 6.07) is 25.9. The van der Waals surface area contributed by atoms with Crippen LogP contribution in [0.3, 0.4) is 0 Å². The van der Waals surface area contributed by atoms with Crippen molar-refractivity contribution >= 4 is 17.2 Å². The number of nitrogens with zero attached hydrogens (tertiary/aromatic N) is 1. The Hall–Kier alpha value is -3.32. The van der Waals surface area contributed by atoms with Crippen molar-refractivity contribution in [1.29, 1.82) is 0 Å². The summed E-state index contributed by atoms with van der Waals surface area (Å²) in [6.45, 7) is 2.32. The number of benzene rings is 3. The number of ether oxygens (including phenoxy) is 1. The van der Waals surface area contributed by atoms with Crippen molar-refractivity contribution in [3.05, 3.63) is 108 Å².